The van der Waals surface area contributed by atoms with Gasteiger partial charge in [0, 0.05) is 11.6 Å². The van der Waals surface area contributed by atoms with Gasteiger partial charge < -0.3 is 18.8 Å². The molecule has 0 bridgehead atoms. The summed E-state index contributed by atoms with van der Waals surface area (Å²) >= 11 is 7.34. The van der Waals surface area contributed by atoms with Gasteiger partial charge in [0.25, 0.3) is 5.22 Å². The molecule has 0 aliphatic carbocycles. The summed E-state index contributed by atoms with van der Waals surface area (Å²) in [5.74, 6) is 1.57. The van der Waals surface area contributed by atoms with Gasteiger partial charge in [0.1, 0.15) is 5.52 Å². The molecule has 0 radical (unpaired) electrons. The summed E-state index contributed by atoms with van der Waals surface area (Å²) in [6.45, 7) is 0.602. The molecule has 0 fully saturated rings. The first kappa shape index (κ1) is 22.6. The summed E-state index contributed by atoms with van der Waals surface area (Å²) in [6, 6.07) is 19.1. The molecule has 1 amide bonds. The largest absolute Gasteiger partial charge is 0.493 e. The fourth-order valence-electron chi connectivity index (χ4n) is 4.36. The number of oxazole rings is 1. The molecular weight excluding hydrogens is 472 g/mol. The van der Waals surface area contributed by atoms with Gasteiger partial charge in [0.05, 0.1) is 26.0 Å². The molecule has 0 saturated heterocycles. The summed E-state index contributed by atoms with van der Waals surface area (Å²) in [5, 5.41) is 1.05. The van der Waals surface area contributed by atoms with Crippen LogP contribution in [0.25, 0.3) is 11.1 Å². The maximum atomic E-state index is 13.5. The normalized spacial score (nSPS) is 15.3. The SMILES string of the molecule is COc1cc2c(cc1OC)[C@H](c1ccccc1)N(C(=O)CSc1nc3cc(Cl)ccc3o1)CC2. The van der Waals surface area contributed by atoms with Gasteiger partial charge in [-0.3, -0.25) is 4.79 Å². The molecule has 0 saturated carbocycles. The van der Waals surface area contributed by atoms with Crippen molar-refractivity contribution in [2.24, 2.45) is 0 Å². The second-order valence-corrected chi connectivity index (χ2v) is 9.30. The van der Waals surface area contributed by atoms with Crippen LogP contribution in [0, 0.1) is 0 Å². The van der Waals surface area contributed by atoms with Crippen LogP contribution in [-0.2, 0) is 11.2 Å². The van der Waals surface area contributed by atoms with Gasteiger partial charge in [-0.15, -0.1) is 0 Å². The molecule has 34 heavy (non-hydrogen) atoms. The van der Waals surface area contributed by atoms with Crippen molar-refractivity contribution in [3.8, 4) is 11.5 Å². The first-order valence-electron chi connectivity index (χ1n) is 10.9. The zero-order valence-electron chi connectivity index (χ0n) is 18.8. The van der Waals surface area contributed by atoms with Crippen LogP contribution in [0.15, 0.2) is 70.3 Å². The van der Waals surface area contributed by atoms with E-state index < -0.39 is 0 Å². The predicted octanol–water partition coefficient (Wildman–Crippen LogP) is 5.76. The number of aromatic nitrogens is 1. The van der Waals surface area contributed by atoms with Crippen LogP contribution in [0.5, 0.6) is 11.5 Å². The predicted molar refractivity (Wildman–Crippen MR) is 133 cm³/mol. The second kappa shape index (κ2) is 9.60. The second-order valence-electron chi connectivity index (χ2n) is 7.94. The van der Waals surface area contributed by atoms with Gasteiger partial charge in [-0.25, -0.2) is 4.98 Å². The lowest BCUT2D eigenvalue weighted by Gasteiger charge is -2.38. The number of fused-ring (bicyclic) bond motifs is 2. The highest BCUT2D eigenvalue weighted by atomic mass is 35.5. The highest BCUT2D eigenvalue weighted by molar-refractivity contribution is 7.99. The Balaban J connectivity index is 1.44. The van der Waals surface area contributed by atoms with Crippen molar-refractivity contribution in [1.29, 1.82) is 0 Å². The number of hydrogen-bond donors (Lipinski definition) is 0. The highest BCUT2D eigenvalue weighted by Crippen LogP contribution is 2.41. The lowest BCUT2D eigenvalue weighted by molar-refractivity contribution is -0.130. The van der Waals surface area contributed by atoms with Crippen LogP contribution in [0.3, 0.4) is 0 Å². The fourth-order valence-corrected chi connectivity index (χ4v) is 5.25. The molecule has 6 nitrogen and oxygen atoms in total. The van der Waals surface area contributed by atoms with Crippen molar-refractivity contribution >= 4 is 40.4 Å². The maximum absolute atomic E-state index is 13.5. The van der Waals surface area contributed by atoms with Crippen molar-refractivity contribution in [2.45, 2.75) is 17.7 Å². The van der Waals surface area contributed by atoms with E-state index in [4.69, 9.17) is 25.5 Å². The molecule has 174 valence electrons. The van der Waals surface area contributed by atoms with E-state index in [2.05, 4.69) is 17.1 Å². The van der Waals surface area contributed by atoms with Crippen LogP contribution < -0.4 is 9.47 Å². The molecular formula is C26H23ClN2O4S. The Labute approximate surface area is 206 Å². The summed E-state index contributed by atoms with van der Waals surface area (Å²) in [4.78, 5) is 19.9. The van der Waals surface area contributed by atoms with Crippen molar-refractivity contribution in [1.82, 2.24) is 9.88 Å². The number of ether oxygens (including phenoxy) is 2. The zero-order chi connectivity index (χ0) is 23.7. The van der Waals surface area contributed by atoms with Crippen LogP contribution in [0.2, 0.25) is 5.02 Å². The van der Waals surface area contributed by atoms with Crippen molar-refractivity contribution in [2.75, 3.05) is 26.5 Å². The van der Waals surface area contributed by atoms with E-state index >= 15 is 0 Å². The minimum atomic E-state index is -0.222. The number of methoxy groups -OCH3 is 2. The standard InChI is InChI=1S/C26H23ClN2O4S/c1-31-22-12-17-10-11-29(25(16-6-4-3-5-7-16)19(17)14-23(22)32-2)24(30)15-34-26-28-20-13-18(27)8-9-21(20)33-26/h3-9,12-14,25H,10-11,15H2,1-2H3/t25-/m0/s1. The molecule has 8 heteroatoms. The quantitative estimate of drug-likeness (QED) is 0.317. The van der Waals surface area contributed by atoms with E-state index in [1.54, 1.807) is 32.4 Å². The zero-order valence-corrected chi connectivity index (χ0v) is 20.4. The molecule has 1 aliphatic heterocycles. The van der Waals surface area contributed by atoms with E-state index in [1.165, 1.54) is 11.8 Å². The topological polar surface area (TPSA) is 64.8 Å². The van der Waals surface area contributed by atoms with Crippen molar-refractivity contribution < 1.29 is 18.7 Å². The van der Waals surface area contributed by atoms with Crippen LogP contribution in [0.4, 0.5) is 0 Å². The van der Waals surface area contributed by atoms with E-state index in [1.807, 2.05) is 35.2 Å². The van der Waals surface area contributed by atoms with Gasteiger partial charge in [0.2, 0.25) is 5.91 Å². The third kappa shape index (κ3) is 4.33. The lowest BCUT2D eigenvalue weighted by Crippen LogP contribution is -2.41. The van der Waals surface area contributed by atoms with Crippen LogP contribution >= 0.6 is 23.4 Å². The number of halogens is 1. The monoisotopic (exact) mass is 494 g/mol. The van der Waals surface area contributed by atoms with Crippen molar-refractivity contribution in [3.63, 3.8) is 0 Å². The number of amides is 1. The molecule has 3 aromatic carbocycles. The Morgan fingerprint density at radius 3 is 2.65 bits per heavy atom. The van der Waals surface area contributed by atoms with E-state index in [-0.39, 0.29) is 17.7 Å². The summed E-state index contributed by atoms with van der Waals surface area (Å²) < 4.78 is 16.8. The molecule has 5 rings (SSSR count). The smallest absolute Gasteiger partial charge is 0.257 e. The molecule has 1 atom stereocenters. The minimum Gasteiger partial charge on any atom is -0.493 e. The number of carbonyl (C=O) groups excluding carboxylic acids is 1. The number of benzene rings is 3. The number of nitrogens with zero attached hydrogens (tertiary/aromatic N) is 2. The van der Waals surface area contributed by atoms with Gasteiger partial charge in [-0.1, -0.05) is 53.7 Å². The molecule has 0 unspecified atom stereocenters. The fraction of sp³-hybridized carbons (Fsp3) is 0.231. The summed E-state index contributed by atoms with van der Waals surface area (Å²) in [7, 11) is 3.26. The summed E-state index contributed by atoms with van der Waals surface area (Å²) in [6.07, 6.45) is 0.733. The van der Waals surface area contributed by atoms with Gasteiger partial charge in [-0.2, -0.15) is 0 Å². The van der Waals surface area contributed by atoms with E-state index in [0.29, 0.717) is 39.4 Å². The van der Waals surface area contributed by atoms with Gasteiger partial charge >= 0.3 is 0 Å². The number of hydrogen-bond acceptors (Lipinski definition) is 6. The lowest BCUT2D eigenvalue weighted by atomic mass is 9.87. The minimum absolute atomic E-state index is 0.0135. The average Bonchev–Trinajstić information content (AvgIpc) is 3.28. The molecule has 4 aromatic rings. The van der Waals surface area contributed by atoms with E-state index in [9.17, 15) is 4.79 Å². The van der Waals surface area contributed by atoms with Gasteiger partial charge in [0.15, 0.2) is 17.1 Å². The number of thioether (sulfide) groups is 1. The molecule has 0 spiro atoms. The molecule has 1 aliphatic rings. The number of rotatable bonds is 6. The van der Waals surface area contributed by atoms with Crippen LogP contribution in [-0.4, -0.2) is 42.3 Å². The Morgan fingerprint density at radius 1 is 1.12 bits per heavy atom. The first-order valence-corrected chi connectivity index (χ1v) is 12.2. The van der Waals surface area contributed by atoms with E-state index in [0.717, 1.165) is 23.1 Å². The van der Waals surface area contributed by atoms with Crippen molar-refractivity contribution in [3.05, 3.63) is 82.4 Å². The Hall–Kier alpha value is -3.16. The Morgan fingerprint density at radius 2 is 1.88 bits per heavy atom. The third-order valence-electron chi connectivity index (χ3n) is 5.96. The Bertz CT molecular complexity index is 1340. The molecule has 2 heterocycles. The van der Waals surface area contributed by atoms with Crippen LogP contribution in [0.1, 0.15) is 22.7 Å². The molecule has 1 aromatic heterocycles. The Kier molecular flexibility index (Phi) is 6.39. The maximum Gasteiger partial charge on any atom is 0.257 e. The number of carbonyl (C=O) groups is 1. The first-order chi connectivity index (χ1) is 16.6. The highest BCUT2D eigenvalue weighted by Gasteiger charge is 2.33. The molecule has 0 N–H and O–H groups in total. The third-order valence-corrected chi connectivity index (χ3v) is 7.01. The van der Waals surface area contributed by atoms with Gasteiger partial charge in [-0.05, 0) is 53.4 Å². The summed E-state index contributed by atoms with van der Waals surface area (Å²) in [5.41, 5.74) is 4.57. The average molecular weight is 495 g/mol.